The van der Waals surface area contributed by atoms with Gasteiger partial charge in [-0.25, -0.2) is 0 Å². The Morgan fingerprint density at radius 1 is 1.05 bits per heavy atom. The molecule has 0 N–H and O–H groups in total. The predicted molar refractivity (Wildman–Crippen MR) is 89.4 cm³/mol. The van der Waals surface area contributed by atoms with Gasteiger partial charge in [-0.2, -0.15) is 0 Å². The predicted octanol–water partition coefficient (Wildman–Crippen LogP) is 5.41. The molecule has 1 saturated heterocycles. The molecule has 1 heterocycles. The van der Waals surface area contributed by atoms with E-state index < -0.39 is 0 Å². The van der Waals surface area contributed by atoms with E-state index >= 15 is 0 Å². The average Bonchev–Trinajstić information content (AvgIpc) is 2.91. The first-order chi connectivity index (χ1) is 9.65. The third kappa shape index (κ3) is 2.62. The summed E-state index contributed by atoms with van der Waals surface area (Å²) in [5.41, 5.74) is 5.51. The highest BCUT2D eigenvalue weighted by atomic mass is 79.9. The van der Waals surface area contributed by atoms with Crippen molar-refractivity contribution in [2.24, 2.45) is 0 Å². The van der Waals surface area contributed by atoms with Crippen molar-refractivity contribution in [3.05, 3.63) is 63.6 Å². The molecule has 0 saturated carbocycles. The first kappa shape index (κ1) is 13.7. The van der Waals surface area contributed by atoms with Gasteiger partial charge in [0.15, 0.2) is 0 Å². The highest BCUT2D eigenvalue weighted by Crippen LogP contribution is 2.37. The van der Waals surface area contributed by atoms with Gasteiger partial charge >= 0.3 is 0 Å². The normalized spacial score (nSPS) is 18.6. The zero-order valence-electron chi connectivity index (χ0n) is 12.1. The molecule has 0 aromatic heterocycles. The van der Waals surface area contributed by atoms with Gasteiger partial charge in [-0.05, 0) is 67.6 Å². The summed E-state index contributed by atoms with van der Waals surface area (Å²) in [5, 5.41) is 0. The molecule has 1 fully saturated rings. The third-order valence-corrected chi connectivity index (χ3v) is 4.80. The van der Waals surface area contributed by atoms with Gasteiger partial charge in [-0.15, -0.1) is 0 Å². The van der Waals surface area contributed by atoms with Crippen LogP contribution in [-0.2, 0) is 0 Å². The van der Waals surface area contributed by atoms with E-state index in [0.717, 1.165) is 6.54 Å². The summed E-state index contributed by atoms with van der Waals surface area (Å²) in [6.07, 6.45) is 2.51. The van der Waals surface area contributed by atoms with Crippen LogP contribution in [-0.4, -0.2) is 6.54 Å². The molecule has 0 bridgehead atoms. The summed E-state index contributed by atoms with van der Waals surface area (Å²) in [4.78, 5) is 2.55. The van der Waals surface area contributed by atoms with Crippen molar-refractivity contribution in [1.29, 1.82) is 0 Å². The molecule has 0 spiro atoms. The molecule has 1 aliphatic rings. The molecular formula is C18H20BrN. The van der Waals surface area contributed by atoms with Crippen LogP contribution in [0.25, 0.3) is 0 Å². The molecule has 0 aliphatic carbocycles. The lowest BCUT2D eigenvalue weighted by Gasteiger charge is -2.28. The van der Waals surface area contributed by atoms with Crippen LogP contribution in [0.4, 0.5) is 5.69 Å². The fourth-order valence-corrected chi connectivity index (χ4v) is 3.46. The summed E-state index contributed by atoms with van der Waals surface area (Å²) in [7, 11) is 0. The topological polar surface area (TPSA) is 3.24 Å². The molecule has 2 aromatic rings. The largest absolute Gasteiger partial charge is 0.364 e. The second-order valence-corrected chi connectivity index (χ2v) is 6.59. The van der Waals surface area contributed by atoms with E-state index in [1.807, 2.05) is 0 Å². The number of nitrogens with zero attached hydrogens (tertiary/aromatic N) is 1. The summed E-state index contributed by atoms with van der Waals surface area (Å²) in [6.45, 7) is 5.53. The van der Waals surface area contributed by atoms with Crippen LogP contribution >= 0.6 is 15.9 Å². The molecule has 1 atom stereocenters. The Kier molecular flexibility index (Phi) is 3.84. The molecule has 1 unspecified atom stereocenters. The lowest BCUT2D eigenvalue weighted by Crippen LogP contribution is -2.22. The standard InChI is InChI=1S/C18H20BrN/c1-13-8-9-17(11-14(13)2)20-10-4-7-18(20)15-5-3-6-16(19)12-15/h3,5-6,8-9,11-12,18H,4,7,10H2,1-2H3. The van der Waals surface area contributed by atoms with Gasteiger partial charge in [-0.3, -0.25) is 0 Å². The Balaban J connectivity index is 1.94. The van der Waals surface area contributed by atoms with Crippen molar-refractivity contribution < 1.29 is 0 Å². The SMILES string of the molecule is Cc1ccc(N2CCCC2c2cccc(Br)c2)cc1C. The van der Waals surface area contributed by atoms with E-state index in [2.05, 4.69) is 77.1 Å². The Morgan fingerprint density at radius 2 is 1.90 bits per heavy atom. The zero-order chi connectivity index (χ0) is 14.1. The Hall–Kier alpha value is -1.28. The molecule has 2 aromatic carbocycles. The van der Waals surface area contributed by atoms with Crippen molar-refractivity contribution in [2.75, 3.05) is 11.4 Å². The van der Waals surface area contributed by atoms with Gasteiger partial charge in [0.25, 0.3) is 0 Å². The number of hydrogen-bond donors (Lipinski definition) is 0. The van der Waals surface area contributed by atoms with Crippen LogP contribution in [0.5, 0.6) is 0 Å². The van der Waals surface area contributed by atoms with Crippen LogP contribution in [0.1, 0.15) is 35.6 Å². The highest BCUT2D eigenvalue weighted by Gasteiger charge is 2.26. The summed E-state index contributed by atoms with van der Waals surface area (Å²) < 4.78 is 1.17. The molecule has 3 rings (SSSR count). The number of aryl methyl sites for hydroxylation is 2. The third-order valence-electron chi connectivity index (χ3n) is 4.31. The summed E-state index contributed by atoms with van der Waals surface area (Å²) in [6, 6.07) is 16.1. The van der Waals surface area contributed by atoms with E-state index in [0.29, 0.717) is 6.04 Å². The smallest absolute Gasteiger partial charge is 0.0543 e. The van der Waals surface area contributed by atoms with Crippen LogP contribution in [0.3, 0.4) is 0 Å². The van der Waals surface area contributed by atoms with Crippen LogP contribution in [0.2, 0.25) is 0 Å². The van der Waals surface area contributed by atoms with Crippen molar-refractivity contribution in [1.82, 2.24) is 0 Å². The first-order valence-electron chi connectivity index (χ1n) is 7.24. The molecule has 20 heavy (non-hydrogen) atoms. The van der Waals surface area contributed by atoms with Crippen molar-refractivity contribution in [2.45, 2.75) is 32.7 Å². The lowest BCUT2D eigenvalue weighted by atomic mass is 10.0. The maximum absolute atomic E-state index is 3.59. The fraction of sp³-hybridized carbons (Fsp3) is 0.333. The van der Waals surface area contributed by atoms with Crippen LogP contribution in [0.15, 0.2) is 46.9 Å². The van der Waals surface area contributed by atoms with Gasteiger partial charge in [0.2, 0.25) is 0 Å². The number of rotatable bonds is 2. The minimum absolute atomic E-state index is 0.509. The summed E-state index contributed by atoms with van der Waals surface area (Å²) in [5.74, 6) is 0. The Labute approximate surface area is 129 Å². The molecule has 1 aliphatic heterocycles. The number of benzene rings is 2. The monoisotopic (exact) mass is 329 g/mol. The van der Waals surface area contributed by atoms with Gasteiger partial charge in [0, 0.05) is 16.7 Å². The average molecular weight is 330 g/mol. The Morgan fingerprint density at radius 3 is 2.65 bits per heavy atom. The van der Waals surface area contributed by atoms with E-state index in [1.54, 1.807) is 0 Å². The fourth-order valence-electron chi connectivity index (χ4n) is 3.04. The van der Waals surface area contributed by atoms with E-state index in [1.165, 1.54) is 39.7 Å². The first-order valence-corrected chi connectivity index (χ1v) is 8.04. The van der Waals surface area contributed by atoms with Gasteiger partial charge in [0.05, 0.1) is 6.04 Å². The van der Waals surface area contributed by atoms with Gasteiger partial charge in [-0.1, -0.05) is 34.1 Å². The van der Waals surface area contributed by atoms with Gasteiger partial charge in [0.1, 0.15) is 0 Å². The number of anilines is 1. The minimum Gasteiger partial charge on any atom is -0.364 e. The van der Waals surface area contributed by atoms with Crippen molar-refractivity contribution in [3.63, 3.8) is 0 Å². The zero-order valence-corrected chi connectivity index (χ0v) is 13.7. The molecule has 0 amide bonds. The quantitative estimate of drug-likeness (QED) is 0.712. The van der Waals surface area contributed by atoms with Crippen LogP contribution < -0.4 is 4.90 Å². The maximum atomic E-state index is 3.59. The lowest BCUT2D eigenvalue weighted by molar-refractivity contribution is 0.718. The Bertz CT molecular complexity index is 621. The highest BCUT2D eigenvalue weighted by molar-refractivity contribution is 9.10. The minimum atomic E-state index is 0.509. The van der Waals surface area contributed by atoms with Gasteiger partial charge < -0.3 is 4.90 Å². The molecule has 1 nitrogen and oxygen atoms in total. The van der Waals surface area contributed by atoms with E-state index in [4.69, 9.17) is 0 Å². The number of hydrogen-bond acceptors (Lipinski definition) is 1. The van der Waals surface area contributed by atoms with Crippen molar-refractivity contribution in [3.8, 4) is 0 Å². The van der Waals surface area contributed by atoms with E-state index in [-0.39, 0.29) is 0 Å². The molecule has 0 radical (unpaired) electrons. The second kappa shape index (κ2) is 5.61. The van der Waals surface area contributed by atoms with Crippen molar-refractivity contribution >= 4 is 21.6 Å². The molecular weight excluding hydrogens is 310 g/mol. The molecule has 2 heteroatoms. The van der Waals surface area contributed by atoms with E-state index in [9.17, 15) is 0 Å². The second-order valence-electron chi connectivity index (χ2n) is 5.67. The maximum Gasteiger partial charge on any atom is 0.0543 e. The summed E-state index contributed by atoms with van der Waals surface area (Å²) >= 11 is 3.59. The number of halogens is 1. The molecule has 104 valence electrons. The van der Waals surface area contributed by atoms with Crippen LogP contribution in [0, 0.1) is 13.8 Å².